The van der Waals surface area contributed by atoms with Gasteiger partial charge in [-0.15, -0.1) is 13.2 Å². The first kappa shape index (κ1) is 19.9. The van der Waals surface area contributed by atoms with Gasteiger partial charge in [0.2, 0.25) is 5.91 Å². The summed E-state index contributed by atoms with van der Waals surface area (Å²) in [6.45, 7) is 3.20. The molecule has 150 valence electrons. The van der Waals surface area contributed by atoms with Gasteiger partial charge in [-0.2, -0.15) is 0 Å². The van der Waals surface area contributed by atoms with Gasteiger partial charge in [-0.25, -0.2) is 0 Å². The van der Waals surface area contributed by atoms with Gasteiger partial charge in [0.15, 0.2) is 0 Å². The molecule has 1 aromatic rings. The summed E-state index contributed by atoms with van der Waals surface area (Å²) in [5.41, 5.74) is -0.827. The monoisotopic (exact) mass is 387 g/mol. The van der Waals surface area contributed by atoms with Gasteiger partial charge in [0.25, 0.3) is 0 Å². The standard InChI is InChI=1S/C19H24F3NO4/c1-2-26-13-18(25)9-7-17(8-10-18)11-12-23(16(17)24)14-3-5-15(6-4-14)27-19(20,21)22/h3-6,25H,2,7-13H2,1H3/t17-,18+. The topological polar surface area (TPSA) is 59.0 Å². The van der Waals surface area contributed by atoms with Crippen molar-refractivity contribution in [3.63, 3.8) is 0 Å². The third-order valence-electron chi connectivity index (χ3n) is 5.61. The number of halogens is 3. The first-order valence-electron chi connectivity index (χ1n) is 9.14. The molecule has 0 bridgehead atoms. The Hall–Kier alpha value is -1.80. The van der Waals surface area contributed by atoms with Crippen LogP contribution in [0.3, 0.4) is 0 Å². The van der Waals surface area contributed by atoms with Gasteiger partial charge in [-0.3, -0.25) is 4.79 Å². The van der Waals surface area contributed by atoms with Crippen LogP contribution in [-0.2, 0) is 9.53 Å². The number of nitrogens with zero attached hydrogens (tertiary/aromatic N) is 1. The zero-order valence-corrected chi connectivity index (χ0v) is 15.2. The summed E-state index contributed by atoms with van der Waals surface area (Å²) >= 11 is 0. The molecule has 2 fully saturated rings. The van der Waals surface area contributed by atoms with Crippen LogP contribution in [0.4, 0.5) is 18.9 Å². The van der Waals surface area contributed by atoms with Crippen LogP contribution < -0.4 is 9.64 Å². The molecule has 3 rings (SSSR count). The highest BCUT2D eigenvalue weighted by Gasteiger charge is 2.51. The fraction of sp³-hybridized carbons (Fsp3) is 0.632. The minimum absolute atomic E-state index is 0.0227. The number of carbonyl (C=O) groups excluding carboxylic acids is 1. The number of hydrogen-bond donors (Lipinski definition) is 1. The summed E-state index contributed by atoms with van der Waals surface area (Å²) in [4.78, 5) is 14.6. The Morgan fingerprint density at radius 3 is 2.30 bits per heavy atom. The first-order valence-corrected chi connectivity index (χ1v) is 9.14. The number of carbonyl (C=O) groups is 1. The molecule has 1 aromatic carbocycles. The Morgan fingerprint density at radius 1 is 1.11 bits per heavy atom. The summed E-state index contributed by atoms with van der Waals surface area (Å²) in [6, 6.07) is 5.35. The van der Waals surface area contributed by atoms with Crippen molar-refractivity contribution in [1.29, 1.82) is 0 Å². The molecule has 1 amide bonds. The van der Waals surface area contributed by atoms with Crippen LogP contribution in [0, 0.1) is 5.41 Å². The molecule has 1 aliphatic heterocycles. The summed E-state index contributed by atoms with van der Waals surface area (Å²) in [6.07, 6.45) is -1.88. The van der Waals surface area contributed by atoms with E-state index in [0.29, 0.717) is 50.9 Å². The van der Waals surface area contributed by atoms with Crippen molar-refractivity contribution in [2.45, 2.75) is 51.0 Å². The van der Waals surface area contributed by atoms with Crippen molar-refractivity contribution in [3.05, 3.63) is 24.3 Å². The van der Waals surface area contributed by atoms with Crippen molar-refractivity contribution in [3.8, 4) is 5.75 Å². The number of alkyl halides is 3. The van der Waals surface area contributed by atoms with Gasteiger partial charge < -0.3 is 19.5 Å². The maximum absolute atomic E-state index is 13.0. The Kier molecular flexibility index (Phi) is 5.40. The molecule has 0 radical (unpaired) electrons. The molecule has 0 aromatic heterocycles. The van der Waals surface area contributed by atoms with Crippen LogP contribution in [0.2, 0.25) is 0 Å². The second-order valence-electron chi connectivity index (χ2n) is 7.39. The van der Waals surface area contributed by atoms with Gasteiger partial charge in [0, 0.05) is 18.8 Å². The van der Waals surface area contributed by atoms with Crippen molar-refractivity contribution < 1.29 is 32.5 Å². The Balaban J connectivity index is 1.65. The van der Waals surface area contributed by atoms with Crippen LogP contribution in [0.15, 0.2) is 24.3 Å². The summed E-state index contributed by atoms with van der Waals surface area (Å²) in [5, 5.41) is 10.6. The molecule has 0 unspecified atom stereocenters. The van der Waals surface area contributed by atoms with Crippen LogP contribution in [0.25, 0.3) is 0 Å². The number of anilines is 1. The van der Waals surface area contributed by atoms with Crippen LogP contribution in [-0.4, -0.2) is 42.7 Å². The molecule has 5 nitrogen and oxygen atoms in total. The van der Waals surface area contributed by atoms with E-state index < -0.39 is 17.4 Å². The third-order valence-corrected chi connectivity index (χ3v) is 5.61. The van der Waals surface area contributed by atoms with Crippen LogP contribution in [0.1, 0.15) is 39.0 Å². The number of aliphatic hydroxyl groups is 1. The summed E-state index contributed by atoms with van der Waals surface area (Å²) in [5.74, 6) is -0.336. The lowest BCUT2D eigenvalue weighted by Gasteiger charge is -2.40. The van der Waals surface area contributed by atoms with Crippen LogP contribution >= 0.6 is 0 Å². The summed E-state index contributed by atoms with van der Waals surface area (Å²) in [7, 11) is 0. The molecule has 1 saturated heterocycles. The maximum Gasteiger partial charge on any atom is 0.573 e. The molecular weight excluding hydrogens is 363 g/mol. The highest BCUT2D eigenvalue weighted by atomic mass is 19.4. The SMILES string of the molecule is CCOC[C@]1(O)CC[C@]2(CCN(c3ccc(OC(F)(F)F)cc3)C2=O)CC1. The predicted molar refractivity (Wildman–Crippen MR) is 92.4 cm³/mol. The van der Waals surface area contributed by atoms with Crippen LogP contribution in [0.5, 0.6) is 5.75 Å². The van der Waals surface area contributed by atoms with E-state index in [1.165, 1.54) is 24.3 Å². The predicted octanol–water partition coefficient (Wildman–Crippen LogP) is 3.65. The minimum atomic E-state index is -4.74. The highest BCUT2D eigenvalue weighted by Crippen LogP contribution is 2.48. The second kappa shape index (κ2) is 7.31. The molecular formula is C19H24F3NO4. The number of amides is 1. The lowest BCUT2D eigenvalue weighted by Crippen LogP contribution is -2.45. The Morgan fingerprint density at radius 2 is 1.74 bits per heavy atom. The Labute approximate surface area is 156 Å². The zero-order valence-electron chi connectivity index (χ0n) is 15.2. The van der Waals surface area contributed by atoms with Gasteiger partial charge in [0.1, 0.15) is 5.75 Å². The van der Waals surface area contributed by atoms with Crippen molar-refractivity contribution >= 4 is 11.6 Å². The zero-order chi connectivity index (χ0) is 19.7. The lowest BCUT2D eigenvalue weighted by molar-refractivity contribution is -0.274. The van der Waals surface area contributed by atoms with Crippen molar-refractivity contribution in [2.75, 3.05) is 24.7 Å². The van der Waals surface area contributed by atoms with E-state index in [-0.39, 0.29) is 18.3 Å². The van der Waals surface area contributed by atoms with Gasteiger partial charge >= 0.3 is 6.36 Å². The van der Waals surface area contributed by atoms with Gasteiger partial charge in [-0.05, 0) is 63.3 Å². The second-order valence-corrected chi connectivity index (χ2v) is 7.39. The average molecular weight is 387 g/mol. The third kappa shape index (κ3) is 4.38. The number of rotatable bonds is 5. The number of benzene rings is 1. The molecule has 27 heavy (non-hydrogen) atoms. The van der Waals surface area contributed by atoms with Crippen molar-refractivity contribution in [1.82, 2.24) is 0 Å². The van der Waals surface area contributed by atoms with E-state index in [2.05, 4.69) is 4.74 Å². The fourth-order valence-corrected chi connectivity index (χ4v) is 3.99. The minimum Gasteiger partial charge on any atom is -0.406 e. The molecule has 1 heterocycles. The van der Waals surface area contributed by atoms with E-state index in [0.717, 1.165) is 0 Å². The molecule has 1 spiro atoms. The average Bonchev–Trinajstić information content (AvgIpc) is 2.93. The Bertz CT molecular complexity index is 667. The van der Waals surface area contributed by atoms with E-state index >= 15 is 0 Å². The van der Waals surface area contributed by atoms with E-state index in [4.69, 9.17) is 4.74 Å². The molecule has 2 aliphatic rings. The normalized spacial score (nSPS) is 28.8. The largest absolute Gasteiger partial charge is 0.573 e. The van der Waals surface area contributed by atoms with Crippen molar-refractivity contribution in [2.24, 2.45) is 5.41 Å². The number of hydrogen-bond acceptors (Lipinski definition) is 4. The quantitative estimate of drug-likeness (QED) is 0.838. The first-order chi connectivity index (χ1) is 12.7. The molecule has 1 N–H and O–H groups in total. The maximum atomic E-state index is 13.0. The van der Waals surface area contributed by atoms with Gasteiger partial charge in [0.05, 0.1) is 17.6 Å². The van der Waals surface area contributed by atoms with E-state index in [1.807, 2.05) is 6.92 Å². The smallest absolute Gasteiger partial charge is 0.406 e. The lowest BCUT2D eigenvalue weighted by atomic mass is 9.68. The number of ether oxygens (including phenoxy) is 2. The van der Waals surface area contributed by atoms with E-state index in [1.54, 1.807) is 4.90 Å². The van der Waals surface area contributed by atoms with Gasteiger partial charge in [-0.1, -0.05) is 0 Å². The van der Waals surface area contributed by atoms with E-state index in [9.17, 15) is 23.1 Å². The molecule has 1 saturated carbocycles. The molecule has 0 atom stereocenters. The molecule has 1 aliphatic carbocycles. The summed E-state index contributed by atoms with van der Waals surface area (Å²) < 4.78 is 46.0. The highest BCUT2D eigenvalue weighted by molar-refractivity contribution is 6.00. The molecule has 8 heteroatoms. The fourth-order valence-electron chi connectivity index (χ4n) is 3.99.